The highest BCUT2D eigenvalue weighted by Gasteiger charge is 2.23. The maximum atomic E-state index is 8.78. The first-order valence-corrected chi connectivity index (χ1v) is 4.83. The summed E-state index contributed by atoms with van der Waals surface area (Å²) in [6, 6.07) is 1.92. The lowest BCUT2D eigenvalue weighted by atomic mass is 9.84. The second-order valence-electron chi connectivity index (χ2n) is 4.66. The van der Waals surface area contributed by atoms with Gasteiger partial charge in [0.25, 0.3) is 5.70 Å². The van der Waals surface area contributed by atoms with Crippen LogP contribution in [0.3, 0.4) is 0 Å². The Balaban J connectivity index is 3.29. The van der Waals surface area contributed by atoms with Crippen molar-refractivity contribution >= 4 is 0 Å². The van der Waals surface area contributed by atoms with Crippen LogP contribution in [0.4, 0.5) is 0 Å². The summed E-state index contributed by atoms with van der Waals surface area (Å²) >= 11 is 0. The highest BCUT2D eigenvalue weighted by molar-refractivity contribution is 5.58. The Labute approximate surface area is 91.0 Å². The lowest BCUT2D eigenvalue weighted by Gasteiger charge is -2.21. The summed E-state index contributed by atoms with van der Waals surface area (Å²) in [7, 11) is 0. The number of rotatable bonds is 0. The van der Waals surface area contributed by atoms with Gasteiger partial charge in [-0.2, -0.15) is 0 Å². The minimum Gasteiger partial charge on any atom is -0.226 e. The average Bonchev–Trinajstić information content (AvgIpc) is 2.49. The smallest absolute Gasteiger partial charge is 0.226 e. The quantitative estimate of drug-likeness (QED) is 0.431. The van der Waals surface area contributed by atoms with E-state index in [0.29, 0.717) is 0 Å². The molecule has 0 heterocycles. The molecule has 2 heteroatoms. The van der Waals surface area contributed by atoms with E-state index in [4.69, 9.17) is 11.8 Å². The summed E-state index contributed by atoms with van der Waals surface area (Å²) in [5.74, 6) is 0. The molecular weight excluding hydrogens is 184 g/mol. The zero-order valence-corrected chi connectivity index (χ0v) is 9.55. The van der Waals surface area contributed by atoms with Gasteiger partial charge in [-0.15, -0.1) is 0 Å². The second kappa shape index (κ2) is 3.75. The molecule has 0 radical (unpaired) electrons. The molecule has 76 valence electrons. The Morgan fingerprint density at radius 1 is 1.40 bits per heavy atom. The van der Waals surface area contributed by atoms with Crippen molar-refractivity contribution in [2.24, 2.45) is 5.41 Å². The number of nitrogens with zero attached hydrogens (tertiary/aromatic N) is 2. The van der Waals surface area contributed by atoms with Gasteiger partial charge in [-0.3, -0.25) is 0 Å². The summed E-state index contributed by atoms with van der Waals surface area (Å²) in [5, 5.41) is 8.78. The molecule has 0 aromatic carbocycles. The number of nitriles is 1. The van der Waals surface area contributed by atoms with E-state index in [-0.39, 0.29) is 11.1 Å². The van der Waals surface area contributed by atoms with Crippen molar-refractivity contribution in [2.45, 2.75) is 27.7 Å². The van der Waals surface area contributed by atoms with Crippen LogP contribution < -0.4 is 0 Å². The van der Waals surface area contributed by atoms with E-state index in [1.54, 1.807) is 0 Å². The van der Waals surface area contributed by atoms with Crippen LogP contribution in [0, 0.1) is 23.3 Å². The van der Waals surface area contributed by atoms with E-state index in [2.05, 4.69) is 25.6 Å². The molecule has 0 spiro atoms. The first-order chi connectivity index (χ1) is 6.90. The van der Waals surface area contributed by atoms with Crippen molar-refractivity contribution in [3.63, 3.8) is 0 Å². The summed E-state index contributed by atoms with van der Waals surface area (Å²) in [6.45, 7) is 15.3. The standard InChI is InChI=1S/C13H14N2/c1-9-6-10(12(8-14)15-5)7-11(9)13(2,3)4/h6-7H,1-4H3/b12-10+. The third-order valence-corrected chi connectivity index (χ3v) is 2.40. The van der Waals surface area contributed by atoms with Crippen molar-refractivity contribution < 1.29 is 0 Å². The van der Waals surface area contributed by atoms with E-state index < -0.39 is 0 Å². The molecule has 1 aliphatic carbocycles. The molecule has 0 saturated heterocycles. The lowest BCUT2D eigenvalue weighted by Crippen LogP contribution is -2.08. The molecule has 2 nitrogen and oxygen atoms in total. The molecule has 0 aliphatic heterocycles. The molecule has 0 aromatic heterocycles. The minimum absolute atomic E-state index is 0.0604. The van der Waals surface area contributed by atoms with Crippen LogP contribution in [0.1, 0.15) is 27.7 Å². The van der Waals surface area contributed by atoms with Gasteiger partial charge in [0.2, 0.25) is 0 Å². The van der Waals surface area contributed by atoms with Crippen molar-refractivity contribution in [3.8, 4) is 6.07 Å². The van der Waals surface area contributed by atoms with Gasteiger partial charge in [0, 0.05) is 0 Å². The zero-order valence-electron chi connectivity index (χ0n) is 9.55. The van der Waals surface area contributed by atoms with Gasteiger partial charge >= 0.3 is 0 Å². The normalized spacial score (nSPS) is 18.8. The first-order valence-electron chi connectivity index (χ1n) is 4.83. The molecule has 0 N–H and O–H groups in total. The van der Waals surface area contributed by atoms with E-state index in [0.717, 1.165) is 11.1 Å². The van der Waals surface area contributed by atoms with Gasteiger partial charge in [0.15, 0.2) is 0 Å². The van der Waals surface area contributed by atoms with Gasteiger partial charge in [-0.05, 0) is 29.1 Å². The highest BCUT2D eigenvalue weighted by atomic mass is 14.7. The van der Waals surface area contributed by atoms with Crippen LogP contribution >= 0.6 is 0 Å². The molecule has 0 bridgehead atoms. The molecule has 1 rings (SSSR count). The third-order valence-electron chi connectivity index (χ3n) is 2.40. The SMILES string of the molecule is [C-]#[N+]/C(C#N)=C1\C=C(C)C(C(C)(C)C)=C1. The fourth-order valence-electron chi connectivity index (χ4n) is 1.72. The maximum absolute atomic E-state index is 8.78. The average molecular weight is 198 g/mol. The van der Waals surface area contributed by atoms with Gasteiger partial charge in [0.05, 0.1) is 12.6 Å². The van der Waals surface area contributed by atoms with Crippen LogP contribution in [0.25, 0.3) is 4.85 Å². The maximum Gasteiger partial charge on any atom is 0.268 e. The van der Waals surface area contributed by atoms with Gasteiger partial charge in [0.1, 0.15) is 0 Å². The van der Waals surface area contributed by atoms with Gasteiger partial charge in [-0.25, -0.2) is 10.1 Å². The molecule has 0 aromatic rings. The Morgan fingerprint density at radius 3 is 2.33 bits per heavy atom. The second-order valence-corrected chi connectivity index (χ2v) is 4.66. The van der Waals surface area contributed by atoms with Crippen molar-refractivity contribution in [1.82, 2.24) is 0 Å². The van der Waals surface area contributed by atoms with Gasteiger partial charge < -0.3 is 0 Å². The van der Waals surface area contributed by atoms with Crippen LogP contribution in [-0.4, -0.2) is 0 Å². The summed E-state index contributed by atoms with van der Waals surface area (Å²) < 4.78 is 0. The van der Waals surface area contributed by atoms with Crippen molar-refractivity contribution in [1.29, 1.82) is 5.26 Å². The zero-order chi connectivity index (χ0) is 11.6. The Kier molecular flexibility index (Phi) is 2.82. The van der Waals surface area contributed by atoms with Crippen molar-refractivity contribution in [2.75, 3.05) is 0 Å². The minimum atomic E-state index is 0.0604. The lowest BCUT2D eigenvalue weighted by molar-refractivity contribution is 0.512. The van der Waals surface area contributed by atoms with Crippen LogP contribution in [0.15, 0.2) is 34.6 Å². The monoisotopic (exact) mass is 198 g/mol. The molecule has 0 saturated carbocycles. The Morgan fingerprint density at radius 2 is 2.00 bits per heavy atom. The van der Waals surface area contributed by atoms with E-state index in [1.807, 2.05) is 25.1 Å². The molecule has 1 aliphatic rings. The molecule has 15 heavy (non-hydrogen) atoms. The first kappa shape index (κ1) is 11.3. The number of hydrogen-bond donors (Lipinski definition) is 0. The van der Waals surface area contributed by atoms with Crippen LogP contribution in [-0.2, 0) is 0 Å². The van der Waals surface area contributed by atoms with Crippen LogP contribution in [0.5, 0.6) is 0 Å². The van der Waals surface area contributed by atoms with Crippen LogP contribution in [0.2, 0.25) is 0 Å². The molecule has 0 amide bonds. The molecular formula is C13H14N2. The van der Waals surface area contributed by atoms with Gasteiger partial charge in [-0.1, -0.05) is 32.9 Å². The predicted octanol–water partition coefficient (Wildman–Crippen LogP) is 3.62. The Bertz CT molecular complexity index is 438. The molecule has 0 atom stereocenters. The summed E-state index contributed by atoms with van der Waals surface area (Å²) in [6.07, 6.45) is 3.86. The van der Waals surface area contributed by atoms with E-state index >= 15 is 0 Å². The number of allylic oxidation sites excluding steroid dienone is 6. The summed E-state index contributed by atoms with van der Waals surface area (Å²) in [4.78, 5) is 3.22. The van der Waals surface area contributed by atoms with E-state index in [9.17, 15) is 0 Å². The fourth-order valence-corrected chi connectivity index (χ4v) is 1.72. The largest absolute Gasteiger partial charge is 0.268 e. The Hall–Kier alpha value is -1.80. The highest BCUT2D eigenvalue weighted by Crippen LogP contribution is 2.37. The third kappa shape index (κ3) is 2.17. The van der Waals surface area contributed by atoms with Crippen molar-refractivity contribution in [3.05, 3.63) is 46.0 Å². The fraction of sp³-hybridized carbons (Fsp3) is 0.385. The predicted molar refractivity (Wildman–Crippen MR) is 60.5 cm³/mol. The van der Waals surface area contributed by atoms with E-state index in [1.165, 1.54) is 5.57 Å². The topological polar surface area (TPSA) is 28.1 Å². The number of hydrogen-bond acceptors (Lipinski definition) is 1. The summed E-state index contributed by atoms with van der Waals surface area (Å²) in [5.41, 5.74) is 3.33. The molecule has 0 unspecified atom stereocenters. The molecule has 0 fully saturated rings.